The Morgan fingerprint density at radius 3 is 2.43 bits per heavy atom. The van der Waals surface area contributed by atoms with Gasteiger partial charge < -0.3 is 5.32 Å². The number of benzene rings is 3. The largest absolute Gasteiger partial charge is 0.365 e. The molecule has 0 aromatic heterocycles. The van der Waals surface area contributed by atoms with E-state index in [1.54, 1.807) is 0 Å². The second-order valence-corrected chi connectivity index (χ2v) is 5.61. The van der Waals surface area contributed by atoms with E-state index in [2.05, 4.69) is 45.5 Å². The molecule has 0 amide bonds. The molecule has 0 aliphatic heterocycles. The van der Waals surface area contributed by atoms with E-state index in [1.807, 2.05) is 48.5 Å². The molecule has 0 bridgehead atoms. The van der Waals surface area contributed by atoms with Crippen molar-refractivity contribution in [2.75, 3.05) is 5.32 Å². The maximum Gasteiger partial charge on any atom is 0.140 e. The van der Waals surface area contributed by atoms with Gasteiger partial charge in [-0.05, 0) is 44.4 Å². The summed E-state index contributed by atoms with van der Waals surface area (Å²) >= 11 is 3.50. The Kier molecular flexibility index (Phi) is 3.89. The van der Waals surface area contributed by atoms with E-state index in [0.29, 0.717) is 0 Å². The lowest BCUT2D eigenvalue weighted by Gasteiger charge is -2.16. The molecule has 3 rings (SSSR count). The summed E-state index contributed by atoms with van der Waals surface area (Å²) in [4.78, 5) is 0. The summed E-state index contributed by atoms with van der Waals surface area (Å²) < 4.78 is 0.950. The lowest BCUT2D eigenvalue weighted by molar-refractivity contribution is 1.01. The van der Waals surface area contributed by atoms with Crippen LogP contribution in [0.2, 0.25) is 0 Å². The Balaban J connectivity index is 2.04. The van der Waals surface area contributed by atoms with Crippen LogP contribution in [-0.4, -0.2) is 0 Å². The summed E-state index contributed by atoms with van der Waals surface area (Å²) in [7, 11) is 0. The van der Waals surface area contributed by atoms with E-state index in [-0.39, 0.29) is 0 Å². The summed E-state index contributed by atoms with van der Waals surface area (Å²) in [6, 6.07) is 24.0. The molecule has 0 heterocycles. The highest BCUT2D eigenvalue weighted by atomic mass is 79.9. The number of nitrogens with zero attached hydrogens (tertiary/aromatic N) is 1. The van der Waals surface area contributed by atoms with Crippen molar-refractivity contribution in [3.05, 3.63) is 76.8 Å². The van der Waals surface area contributed by atoms with Crippen LogP contribution in [0.5, 0.6) is 0 Å². The predicted octanol–water partition coefficient (Wildman–Crippen LogP) is 5.28. The van der Waals surface area contributed by atoms with Gasteiger partial charge in [-0.15, -0.1) is 0 Å². The average Bonchev–Trinajstić information content (AvgIpc) is 2.54. The van der Waals surface area contributed by atoms with Gasteiger partial charge in [0.25, 0.3) is 0 Å². The molecule has 3 heteroatoms. The first kappa shape index (κ1) is 13.7. The van der Waals surface area contributed by atoms with Gasteiger partial charge in [0.05, 0.1) is 6.07 Å². The van der Waals surface area contributed by atoms with Crippen LogP contribution >= 0.6 is 15.9 Å². The van der Waals surface area contributed by atoms with Crippen molar-refractivity contribution >= 4 is 32.4 Å². The van der Waals surface area contributed by atoms with Crippen molar-refractivity contribution in [2.24, 2.45) is 0 Å². The fraction of sp³-hybridized carbons (Fsp3) is 0.0556. The van der Waals surface area contributed by atoms with Crippen LogP contribution in [0, 0.1) is 11.3 Å². The summed E-state index contributed by atoms with van der Waals surface area (Å²) in [5, 5.41) is 15.1. The lowest BCUT2D eigenvalue weighted by atomic mass is 9.99. The number of anilines is 1. The van der Waals surface area contributed by atoms with Crippen molar-refractivity contribution in [1.29, 1.82) is 5.26 Å². The smallest absolute Gasteiger partial charge is 0.140 e. The quantitative estimate of drug-likeness (QED) is 0.706. The lowest BCUT2D eigenvalue weighted by Crippen LogP contribution is -2.09. The van der Waals surface area contributed by atoms with Gasteiger partial charge in [0, 0.05) is 10.2 Å². The fourth-order valence-corrected chi connectivity index (χ4v) is 2.81. The minimum absolute atomic E-state index is 0.394. The van der Waals surface area contributed by atoms with Crippen LogP contribution in [0.1, 0.15) is 11.6 Å². The molecule has 0 radical (unpaired) electrons. The van der Waals surface area contributed by atoms with Gasteiger partial charge in [0.15, 0.2) is 0 Å². The van der Waals surface area contributed by atoms with Gasteiger partial charge in [-0.25, -0.2) is 0 Å². The summed E-state index contributed by atoms with van der Waals surface area (Å²) in [5.41, 5.74) is 1.91. The number of hydrogen-bond acceptors (Lipinski definition) is 2. The molecule has 0 fully saturated rings. The monoisotopic (exact) mass is 336 g/mol. The van der Waals surface area contributed by atoms with E-state index in [1.165, 1.54) is 0 Å². The Labute approximate surface area is 132 Å². The zero-order chi connectivity index (χ0) is 14.7. The molecule has 21 heavy (non-hydrogen) atoms. The topological polar surface area (TPSA) is 35.8 Å². The maximum atomic E-state index is 9.56. The van der Waals surface area contributed by atoms with Crippen molar-refractivity contribution in [1.82, 2.24) is 0 Å². The standard InChI is InChI=1S/C18H13BrN2/c19-16-10-3-4-11-17(16)21-18(12-20)15-9-5-7-13-6-1-2-8-14(13)15/h1-11,18,21H. The van der Waals surface area contributed by atoms with E-state index in [4.69, 9.17) is 0 Å². The fourth-order valence-electron chi connectivity index (χ4n) is 2.42. The van der Waals surface area contributed by atoms with Crippen molar-refractivity contribution < 1.29 is 0 Å². The summed E-state index contributed by atoms with van der Waals surface area (Å²) in [5.74, 6) is 0. The Morgan fingerprint density at radius 1 is 0.905 bits per heavy atom. The third-order valence-corrected chi connectivity index (χ3v) is 4.13. The molecule has 1 atom stereocenters. The van der Waals surface area contributed by atoms with E-state index in [0.717, 1.165) is 26.5 Å². The van der Waals surface area contributed by atoms with Gasteiger partial charge in [0.1, 0.15) is 6.04 Å². The number of nitriles is 1. The van der Waals surface area contributed by atoms with Gasteiger partial charge in [-0.1, -0.05) is 54.6 Å². The molecule has 1 N–H and O–H groups in total. The zero-order valence-corrected chi connectivity index (χ0v) is 12.8. The van der Waals surface area contributed by atoms with Crippen molar-refractivity contribution in [2.45, 2.75) is 6.04 Å². The number of para-hydroxylation sites is 1. The summed E-state index contributed by atoms with van der Waals surface area (Å²) in [6.07, 6.45) is 0. The van der Waals surface area contributed by atoms with Gasteiger partial charge in [-0.3, -0.25) is 0 Å². The first-order valence-corrected chi connectivity index (χ1v) is 7.47. The zero-order valence-electron chi connectivity index (χ0n) is 11.3. The molecule has 2 nitrogen and oxygen atoms in total. The third kappa shape index (κ3) is 2.76. The highest BCUT2D eigenvalue weighted by molar-refractivity contribution is 9.10. The molecule has 0 aliphatic rings. The molecule has 3 aromatic rings. The minimum atomic E-state index is -0.394. The highest BCUT2D eigenvalue weighted by Crippen LogP contribution is 2.29. The van der Waals surface area contributed by atoms with E-state index < -0.39 is 6.04 Å². The molecular weight excluding hydrogens is 324 g/mol. The second-order valence-electron chi connectivity index (χ2n) is 4.75. The van der Waals surface area contributed by atoms with Crippen molar-refractivity contribution in [3.8, 4) is 6.07 Å². The van der Waals surface area contributed by atoms with Gasteiger partial charge >= 0.3 is 0 Å². The average molecular weight is 337 g/mol. The number of rotatable bonds is 3. The first-order valence-electron chi connectivity index (χ1n) is 6.68. The molecule has 102 valence electrons. The van der Waals surface area contributed by atoms with Crippen LogP contribution in [0.4, 0.5) is 5.69 Å². The number of hydrogen-bond donors (Lipinski definition) is 1. The normalized spacial score (nSPS) is 11.8. The SMILES string of the molecule is N#CC(Nc1ccccc1Br)c1cccc2ccccc12. The molecule has 0 saturated carbocycles. The van der Waals surface area contributed by atoms with Crippen molar-refractivity contribution in [3.63, 3.8) is 0 Å². The molecule has 0 aliphatic carbocycles. The predicted molar refractivity (Wildman–Crippen MR) is 90.1 cm³/mol. The molecule has 3 aromatic carbocycles. The number of halogens is 1. The third-order valence-electron chi connectivity index (χ3n) is 3.44. The van der Waals surface area contributed by atoms with E-state index in [9.17, 15) is 5.26 Å². The Morgan fingerprint density at radius 2 is 1.62 bits per heavy atom. The molecule has 1 unspecified atom stereocenters. The van der Waals surface area contributed by atoms with Gasteiger partial charge in [0.2, 0.25) is 0 Å². The van der Waals surface area contributed by atoms with Crippen LogP contribution < -0.4 is 5.32 Å². The minimum Gasteiger partial charge on any atom is -0.365 e. The van der Waals surface area contributed by atoms with Crippen LogP contribution in [0.15, 0.2) is 71.2 Å². The number of nitrogens with one attached hydrogen (secondary N) is 1. The summed E-state index contributed by atoms with van der Waals surface area (Å²) in [6.45, 7) is 0. The Bertz CT molecular complexity index is 815. The molecular formula is C18H13BrN2. The van der Waals surface area contributed by atoms with Gasteiger partial charge in [-0.2, -0.15) is 5.26 Å². The Hall–Kier alpha value is -2.31. The number of fused-ring (bicyclic) bond motifs is 1. The van der Waals surface area contributed by atoms with Crippen LogP contribution in [0.3, 0.4) is 0 Å². The van der Waals surface area contributed by atoms with Crippen LogP contribution in [-0.2, 0) is 0 Å². The molecule has 0 saturated heterocycles. The van der Waals surface area contributed by atoms with E-state index >= 15 is 0 Å². The molecule has 0 spiro atoms. The highest BCUT2D eigenvalue weighted by Gasteiger charge is 2.14. The van der Waals surface area contributed by atoms with Crippen LogP contribution in [0.25, 0.3) is 10.8 Å². The first-order chi connectivity index (χ1) is 10.3. The second kappa shape index (κ2) is 5.99. The maximum absolute atomic E-state index is 9.56.